The Balaban J connectivity index is 1.87. The smallest absolute Gasteiger partial charge is 0.140 e. The fourth-order valence-corrected chi connectivity index (χ4v) is 3.29. The third-order valence-electron chi connectivity index (χ3n) is 4.78. The molecule has 1 aliphatic rings. The highest BCUT2D eigenvalue weighted by atomic mass is 16.3. The number of rotatable bonds is 2. The van der Waals surface area contributed by atoms with Gasteiger partial charge in [-0.3, -0.25) is 0 Å². The first kappa shape index (κ1) is 15.7. The monoisotopic (exact) mass is 333 g/mol. The molecule has 0 bridgehead atoms. The van der Waals surface area contributed by atoms with E-state index in [2.05, 4.69) is 32.1 Å². The Bertz CT molecular complexity index is 909. The highest BCUT2D eigenvalue weighted by Crippen LogP contribution is 2.48. The number of benzene rings is 1. The summed E-state index contributed by atoms with van der Waals surface area (Å²) >= 11 is 0. The van der Waals surface area contributed by atoms with Gasteiger partial charge < -0.3 is 10.0 Å². The van der Waals surface area contributed by atoms with E-state index in [1.165, 1.54) is 6.33 Å². The highest BCUT2D eigenvalue weighted by Gasteiger charge is 2.44. The van der Waals surface area contributed by atoms with Crippen molar-refractivity contribution in [3.05, 3.63) is 60.7 Å². The van der Waals surface area contributed by atoms with Gasteiger partial charge in [-0.1, -0.05) is 26.0 Å². The molecule has 0 saturated heterocycles. The van der Waals surface area contributed by atoms with Crippen LogP contribution >= 0.6 is 0 Å². The first-order chi connectivity index (χ1) is 12.0. The average Bonchev–Trinajstić information content (AvgIpc) is 2.82. The molecule has 4 rings (SSSR count). The second kappa shape index (κ2) is 5.60. The van der Waals surface area contributed by atoms with Crippen LogP contribution in [0.5, 0.6) is 0 Å². The van der Waals surface area contributed by atoms with E-state index in [0.717, 1.165) is 33.9 Å². The van der Waals surface area contributed by atoms with E-state index >= 15 is 0 Å². The molecule has 1 atom stereocenters. The Hall–Kier alpha value is -2.86. The molecule has 3 aromatic rings. The summed E-state index contributed by atoms with van der Waals surface area (Å²) in [5.41, 5.74) is 4.33. The van der Waals surface area contributed by atoms with E-state index in [9.17, 15) is 5.11 Å². The van der Waals surface area contributed by atoms with Gasteiger partial charge in [0.25, 0.3) is 0 Å². The third kappa shape index (κ3) is 2.46. The molecule has 126 valence electrons. The minimum atomic E-state index is -0.696. The van der Waals surface area contributed by atoms with Crippen molar-refractivity contribution in [3.8, 4) is 11.1 Å². The van der Waals surface area contributed by atoms with Gasteiger partial charge in [0.15, 0.2) is 0 Å². The number of nitrogens with zero attached hydrogens (tertiary/aromatic N) is 5. The molecule has 6 heteroatoms. The maximum absolute atomic E-state index is 10.9. The first-order valence-corrected chi connectivity index (χ1v) is 8.14. The summed E-state index contributed by atoms with van der Waals surface area (Å²) in [6.07, 6.45) is 7.84. The van der Waals surface area contributed by atoms with Crippen molar-refractivity contribution in [1.82, 2.24) is 19.9 Å². The van der Waals surface area contributed by atoms with Gasteiger partial charge >= 0.3 is 0 Å². The van der Waals surface area contributed by atoms with Crippen molar-refractivity contribution < 1.29 is 5.11 Å². The third-order valence-corrected chi connectivity index (χ3v) is 4.78. The fourth-order valence-electron chi connectivity index (χ4n) is 3.29. The van der Waals surface area contributed by atoms with Crippen molar-refractivity contribution in [1.29, 1.82) is 0 Å². The molecule has 0 spiro atoms. The molecule has 1 unspecified atom stereocenters. The number of anilines is 2. The molecule has 25 heavy (non-hydrogen) atoms. The second-order valence-electron chi connectivity index (χ2n) is 6.81. The quantitative estimate of drug-likeness (QED) is 0.777. The van der Waals surface area contributed by atoms with Crippen LogP contribution in [0.2, 0.25) is 0 Å². The maximum Gasteiger partial charge on any atom is 0.140 e. The van der Waals surface area contributed by atoms with Crippen LogP contribution in [0.4, 0.5) is 11.4 Å². The number of hydrogen-bond donors (Lipinski definition) is 1. The standard InChI is InChI=1S/C19H19N5O/c1-12-22-7-14(8-23-12)13-4-5-16-17(6-13)24(18(25)19(16,2)3)15-9-20-11-21-10-15/h4-11,18,25H,1-3H3. The summed E-state index contributed by atoms with van der Waals surface area (Å²) in [5.74, 6) is 0.740. The Kier molecular flexibility index (Phi) is 3.51. The molecule has 0 saturated carbocycles. The van der Waals surface area contributed by atoms with E-state index in [4.69, 9.17) is 0 Å². The SMILES string of the molecule is Cc1ncc(-c2ccc3c(c2)N(c2cncnc2)C(O)C3(C)C)cn1. The molecule has 0 aliphatic carbocycles. The number of aromatic nitrogens is 4. The second-order valence-corrected chi connectivity index (χ2v) is 6.81. The van der Waals surface area contributed by atoms with Gasteiger partial charge in [-0.2, -0.15) is 0 Å². The van der Waals surface area contributed by atoms with Crippen LogP contribution in [0, 0.1) is 6.92 Å². The van der Waals surface area contributed by atoms with Gasteiger partial charge in [-0.15, -0.1) is 0 Å². The molecule has 1 aromatic carbocycles. The van der Waals surface area contributed by atoms with Gasteiger partial charge in [-0.05, 0) is 24.1 Å². The number of aryl methyl sites for hydroxylation is 1. The van der Waals surface area contributed by atoms with Gasteiger partial charge in [0.05, 0.1) is 18.1 Å². The normalized spacial score (nSPS) is 18.2. The summed E-state index contributed by atoms with van der Waals surface area (Å²) in [5, 5.41) is 10.9. The Labute approximate surface area is 146 Å². The highest BCUT2D eigenvalue weighted by molar-refractivity contribution is 5.78. The van der Waals surface area contributed by atoms with Crippen molar-refractivity contribution in [3.63, 3.8) is 0 Å². The van der Waals surface area contributed by atoms with Crippen LogP contribution in [0.1, 0.15) is 25.2 Å². The van der Waals surface area contributed by atoms with Gasteiger partial charge in [0.2, 0.25) is 0 Å². The lowest BCUT2D eigenvalue weighted by molar-refractivity contribution is 0.119. The lowest BCUT2D eigenvalue weighted by Gasteiger charge is -2.29. The zero-order valence-electron chi connectivity index (χ0n) is 14.4. The molecular weight excluding hydrogens is 314 g/mol. The summed E-state index contributed by atoms with van der Waals surface area (Å²) in [6.45, 7) is 5.94. The summed E-state index contributed by atoms with van der Waals surface area (Å²) in [7, 11) is 0. The largest absolute Gasteiger partial charge is 0.372 e. The Morgan fingerprint density at radius 1 is 1.00 bits per heavy atom. The zero-order valence-corrected chi connectivity index (χ0v) is 14.4. The van der Waals surface area contributed by atoms with E-state index in [0.29, 0.717) is 0 Å². The lowest BCUT2D eigenvalue weighted by atomic mass is 9.85. The Morgan fingerprint density at radius 3 is 2.36 bits per heavy atom. The van der Waals surface area contributed by atoms with Crippen LogP contribution in [0.15, 0.2) is 49.3 Å². The van der Waals surface area contributed by atoms with Crippen molar-refractivity contribution >= 4 is 11.4 Å². The predicted molar refractivity (Wildman–Crippen MR) is 95.4 cm³/mol. The van der Waals surface area contributed by atoms with Gasteiger partial charge in [0, 0.05) is 29.1 Å². The van der Waals surface area contributed by atoms with E-state index < -0.39 is 11.6 Å². The number of aliphatic hydroxyl groups is 1. The molecule has 0 fully saturated rings. The zero-order chi connectivity index (χ0) is 17.6. The molecular formula is C19H19N5O. The number of aliphatic hydroxyl groups excluding tert-OH is 1. The number of hydrogen-bond acceptors (Lipinski definition) is 6. The molecule has 1 aliphatic heterocycles. The van der Waals surface area contributed by atoms with E-state index in [1.54, 1.807) is 12.4 Å². The van der Waals surface area contributed by atoms with E-state index in [1.807, 2.05) is 44.1 Å². The van der Waals surface area contributed by atoms with Crippen molar-refractivity contribution in [2.45, 2.75) is 32.4 Å². The van der Waals surface area contributed by atoms with Crippen molar-refractivity contribution in [2.24, 2.45) is 0 Å². The molecule has 0 radical (unpaired) electrons. The van der Waals surface area contributed by atoms with Crippen LogP contribution < -0.4 is 4.90 Å². The van der Waals surface area contributed by atoms with Crippen LogP contribution in [-0.4, -0.2) is 31.3 Å². The summed E-state index contributed by atoms with van der Waals surface area (Å²) < 4.78 is 0. The minimum Gasteiger partial charge on any atom is -0.372 e. The molecule has 1 N–H and O–H groups in total. The first-order valence-electron chi connectivity index (χ1n) is 8.14. The van der Waals surface area contributed by atoms with E-state index in [-0.39, 0.29) is 0 Å². The summed E-state index contributed by atoms with van der Waals surface area (Å²) in [6, 6.07) is 6.18. The Morgan fingerprint density at radius 2 is 1.68 bits per heavy atom. The lowest BCUT2D eigenvalue weighted by Crippen LogP contribution is -2.38. The fraction of sp³-hybridized carbons (Fsp3) is 0.263. The van der Waals surface area contributed by atoms with Gasteiger partial charge in [0.1, 0.15) is 18.4 Å². The molecule has 3 heterocycles. The summed E-state index contributed by atoms with van der Waals surface area (Å²) in [4.78, 5) is 18.6. The minimum absolute atomic E-state index is 0.409. The van der Waals surface area contributed by atoms with Gasteiger partial charge in [-0.25, -0.2) is 19.9 Å². The molecule has 0 amide bonds. The maximum atomic E-state index is 10.9. The topological polar surface area (TPSA) is 75.0 Å². The predicted octanol–water partition coefficient (Wildman–Crippen LogP) is 2.99. The van der Waals surface area contributed by atoms with Crippen molar-refractivity contribution in [2.75, 3.05) is 4.90 Å². The molecule has 6 nitrogen and oxygen atoms in total. The van der Waals surface area contributed by atoms with Crippen LogP contribution in [0.3, 0.4) is 0 Å². The van der Waals surface area contributed by atoms with Crippen LogP contribution in [-0.2, 0) is 5.41 Å². The average molecular weight is 333 g/mol. The number of fused-ring (bicyclic) bond motifs is 1. The van der Waals surface area contributed by atoms with Crippen LogP contribution in [0.25, 0.3) is 11.1 Å². The molecule has 2 aromatic heterocycles.